The Kier molecular flexibility index (Phi) is 7.49. The van der Waals surface area contributed by atoms with Gasteiger partial charge in [0.15, 0.2) is 9.84 Å². The van der Waals surface area contributed by atoms with Crippen molar-refractivity contribution in [1.82, 2.24) is 15.1 Å². The number of aromatic nitrogens is 2. The molecule has 1 aliphatic heterocycles. The summed E-state index contributed by atoms with van der Waals surface area (Å²) < 4.78 is 65.8. The summed E-state index contributed by atoms with van der Waals surface area (Å²) in [5, 5.41) is 17.3. The highest BCUT2D eigenvalue weighted by atomic mass is 32.2. The van der Waals surface area contributed by atoms with Gasteiger partial charge in [0, 0.05) is 42.4 Å². The predicted octanol–water partition coefficient (Wildman–Crippen LogP) is 5.24. The molecule has 1 amide bonds. The number of alkyl halides is 3. The molecule has 0 spiro atoms. The van der Waals surface area contributed by atoms with Crippen LogP contribution in [0.2, 0.25) is 0 Å². The first-order valence-electron chi connectivity index (χ1n) is 14.5. The summed E-state index contributed by atoms with van der Waals surface area (Å²) in [7, 11) is -3.02. The van der Waals surface area contributed by atoms with E-state index in [-0.39, 0.29) is 29.0 Å². The van der Waals surface area contributed by atoms with Crippen LogP contribution >= 0.6 is 0 Å². The van der Waals surface area contributed by atoms with Crippen LogP contribution in [0.4, 0.5) is 18.9 Å². The Hall–Kier alpha value is -3.85. The smallest absolute Gasteiger partial charge is 0.369 e. The number of carbonyl (C=O) groups excluding carboxylic acids is 1. The van der Waals surface area contributed by atoms with E-state index in [0.717, 1.165) is 41.8 Å². The van der Waals surface area contributed by atoms with E-state index in [1.807, 2.05) is 29.2 Å². The zero-order valence-corrected chi connectivity index (χ0v) is 24.3. The normalized spacial score (nSPS) is 22.9. The highest BCUT2D eigenvalue weighted by molar-refractivity contribution is 7.91. The van der Waals surface area contributed by atoms with Gasteiger partial charge in [-0.05, 0) is 61.6 Å². The number of anilines is 1. The molecule has 3 fully saturated rings. The molecule has 0 bridgehead atoms. The van der Waals surface area contributed by atoms with E-state index in [0.29, 0.717) is 44.5 Å². The summed E-state index contributed by atoms with van der Waals surface area (Å²) in [5.41, 5.74) is 1.70. The standard InChI is InChI=1S/C31H32F3N5O3S/c32-31(33,34)22-4-3-5-24(18-22)39-19-27(21-8-10-23(11-9-21)38-14-16-43(41,42)17-15-38)28(37-39)25-6-1-2-7-26(25)29(40)36-30(20-35)12-13-30/h3-5,8-11,18-19,25-26H,1-2,6-7,12-17H2,(H,36,40)/t25-,26-/m1/s1. The fourth-order valence-electron chi connectivity index (χ4n) is 6.15. The quantitative estimate of drug-likeness (QED) is 0.409. The lowest BCUT2D eigenvalue weighted by atomic mass is 9.75. The first-order valence-corrected chi connectivity index (χ1v) is 16.4. The number of hydrogen-bond acceptors (Lipinski definition) is 6. The van der Waals surface area contributed by atoms with Crippen molar-refractivity contribution in [3.63, 3.8) is 0 Å². The molecule has 3 aliphatic rings. The molecule has 2 heterocycles. The number of hydrogen-bond donors (Lipinski definition) is 1. The Bertz CT molecular complexity index is 1660. The summed E-state index contributed by atoms with van der Waals surface area (Å²) in [6.07, 6.45) is 1.51. The van der Waals surface area contributed by atoms with E-state index in [2.05, 4.69) is 11.4 Å². The molecule has 8 nitrogen and oxygen atoms in total. The molecule has 43 heavy (non-hydrogen) atoms. The van der Waals surface area contributed by atoms with Gasteiger partial charge in [-0.15, -0.1) is 0 Å². The molecule has 1 aromatic heterocycles. The van der Waals surface area contributed by atoms with Gasteiger partial charge in [0.05, 0.1) is 34.5 Å². The number of benzene rings is 2. The minimum Gasteiger partial charge on any atom is -0.369 e. The van der Waals surface area contributed by atoms with Gasteiger partial charge < -0.3 is 10.2 Å². The van der Waals surface area contributed by atoms with E-state index >= 15 is 0 Å². The fraction of sp³-hybridized carbons (Fsp3) is 0.452. The zero-order chi connectivity index (χ0) is 30.4. The number of nitrogens with zero attached hydrogens (tertiary/aromatic N) is 4. The van der Waals surface area contributed by atoms with Crippen LogP contribution in [0, 0.1) is 17.2 Å². The van der Waals surface area contributed by atoms with Crippen LogP contribution < -0.4 is 10.2 Å². The molecule has 1 saturated heterocycles. The predicted molar refractivity (Wildman–Crippen MR) is 155 cm³/mol. The maximum absolute atomic E-state index is 13.5. The number of carbonyl (C=O) groups is 1. The van der Waals surface area contributed by atoms with E-state index < -0.39 is 33.0 Å². The van der Waals surface area contributed by atoms with E-state index in [1.165, 1.54) is 10.7 Å². The molecule has 2 saturated carbocycles. The number of nitrogens with one attached hydrogen (secondary N) is 1. The number of halogens is 3. The second kappa shape index (κ2) is 11.0. The van der Waals surface area contributed by atoms with Crippen molar-refractivity contribution < 1.29 is 26.4 Å². The minimum atomic E-state index is -4.51. The molecule has 6 rings (SSSR count). The Morgan fingerprint density at radius 3 is 2.37 bits per heavy atom. The van der Waals surface area contributed by atoms with Gasteiger partial charge in [0.1, 0.15) is 5.54 Å². The van der Waals surface area contributed by atoms with Gasteiger partial charge in [-0.1, -0.05) is 31.0 Å². The van der Waals surface area contributed by atoms with Crippen molar-refractivity contribution in [2.24, 2.45) is 5.92 Å². The fourth-order valence-corrected chi connectivity index (χ4v) is 7.35. The highest BCUT2D eigenvalue weighted by Crippen LogP contribution is 2.43. The van der Waals surface area contributed by atoms with Crippen molar-refractivity contribution >= 4 is 21.4 Å². The topological polar surface area (TPSA) is 108 Å². The molecule has 226 valence electrons. The monoisotopic (exact) mass is 611 g/mol. The highest BCUT2D eigenvalue weighted by Gasteiger charge is 2.47. The van der Waals surface area contributed by atoms with Crippen LogP contribution in [0.15, 0.2) is 54.7 Å². The summed E-state index contributed by atoms with van der Waals surface area (Å²) in [4.78, 5) is 15.5. The first-order chi connectivity index (χ1) is 20.5. The Morgan fingerprint density at radius 1 is 1.02 bits per heavy atom. The van der Waals surface area contributed by atoms with Gasteiger partial charge in [-0.25, -0.2) is 13.1 Å². The molecule has 0 radical (unpaired) electrons. The Morgan fingerprint density at radius 2 is 1.72 bits per heavy atom. The second-order valence-electron chi connectivity index (χ2n) is 11.8. The van der Waals surface area contributed by atoms with E-state index in [9.17, 15) is 31.6 Å². The number of rotatable bonds is 6. The van der Waals surface area contributed by atoms with Crippen molar-refractivity contribution in [3.8, 4) is 22.9 Å². The van der Waals surface area contributed by atoms with Crippen molar-refractivity contribution in [3.05, 3.63) is 66.0 Å². The van der Waals surface area contributed by atoms with Crippen LogP contribution in [0.5, 0.6) is 0 Å². The largest absolute Gasteiger partial charge is 0.416 e. The Labute approximate surface area is 248 Å². The van der Waals surface area contributed by atoms with Gasteiger partial charge in [0.2, 0.25) is 5.91 Å². The Balaban J connectivity index is 1.37. The molecular weight excluding hydrogens is 579 g/mol. The van der Waals surface area contributed by atoms with Gasteiger partial charge in [0.25, 0.3) is 0 Å². The molecule has 12 heteroatoms. The minimum absolute atomic E-state index is 0.0981. The first kappa shape index (κ1) is 29.2. The third kappa shape index (κ3) is 6.13. The summed E-state index contributed by atoms with van der Waals surface area (Å²) in [6.45, 7) is 0.812. The second-order valence-corrected chi connectivity index (χ2v) is 14.1. The lowest BCUT2D eigenvalue weighted by Gasteiger charge is -2.31. The maximum Gasteiger partial charge on any atom is 0.416 e. The number of amides is 1. The lowest BCUT2D eigenvalue weighted by molar-refractivity contribution is -0.137. The molecular formula is C31H32F3N5O3S. The van der Waals surface area contributed by atoms with Crippen LogP contribution in [0.3, 0.4) is 0 Å². The van der Waals surface area contributed by atoms with Gasteiger partial charge in [-0.3, -0.25) is 4.79 Å². The molecule has 3 aromatic rings. The molecule has 2 atom stereocenters. The number of sulfone groups is 1. The molecule has 2 aromatic carbocycles. The maximum atomic E-state index is 13.5. The van der Waals surface area contributed by atoms with Gasteiger partial charge in [-0.2, -0.15) is 23.5 Å². The average molecular weight is 612 g/mol. The summed E-state index contributed by atoms with van der Waals surface area (Å²) >= 11 is 0. The van der Waals surface area contributed by atoms with Crippen LogP contribution in [0.1, 0.15) is 55.7 Å². The SMILES string of the molecule is N#CC1(NC(=O)[C@@H]2CCCC[C@H]2c2nn(-c3cccc(C(F)(F)F)c3)cc2-c2ccc(N3CCS(=O)(=O)CC3)cc2)CC1. The van der Waals surface area contributed by atoms with Crippen LogP contribution in [-0.4, -0.2) is 54.2 Å². The summed E-state index contributed by atoms with van der Waals surface area (Å²) in [5.74, 6) is -0.685. The zero-order valence-electron chi connectivity index (χ0n) is 23.5. The van der Waals surface area contributed by atoms with Gasteiger partial charge >= 0.3 is 6.18 Å². The van der Waals surface area contributed by atoms with E-state index in [1.54, 1.807) is 12.3 Å². The van der Waals surface area contributed by atoms with Crippen LogP contribution in [0.25, 0.3) is 16.8 Å². The average Bonchev–Trinajstić information content (AvgIpc) is 3.63. The summed E-state index contributed by atoms with van der Waals surface area (Å²) in [6, 6.07) is 14.8. The van der Waals surface area contributed by atoms with Crippen molar-refractivity contribution in [1.29, 1.82) is 5.26 Å². The number of nitriles is 1. The molecule has 0 unspecified atom stereocenters. The van der Waals surface area contributed by atoms with Crippen molar-refractivity contribution in [2.75, 3.05) is 29.5 Å². The molecule has 1 N–H and O–H groups in total. The molecule has 2 aliphatic carbocycles. The third-order valence-electron chi connectivity index (χ3n) is 8.85. The van der Waals surface area contributed by atoms with Crippen molar-refractivity contribution in [2.45, 2.75) is 56.2 Å². The van der Waals surface area contributed by atoms with Crippen LogP contribution in [-0.2, 0) is 20.8 Å². The third-order valence-corrected chi connectivity index (χ3v) is 10.5. The van der Waals surface area contributed by atoms with E-state index in [4.69, 9.17) is 5.10 Å². The lowest BCUT2D eigenvalue weighted by Crippen LogP contribution is -2.42.